The molecule has 0 radical (unpaired) electrons. The monoisotopic (exact) mass is 417 g/mol. The Kier molecular flexibility index (Phi) is 9.51. The maximum atomic E-state index is 6.03. The summed E-state index contributed by atoms with van der Waals surface area (Å²) in [7, 11) is 1.64. The summed E-state index contributed by atoms with van der Waals surface area (Å²) in [4.78, 5) is 4.21. The molecule has 1 aromatic carbocycles. The van der Waals surface area contributed by atoms with Gasteiger partial charge in [0.25, 0.3) is 0 Å². The van der Waals surface area contributed by atoms with Gasteiger partial charge in [0.1, 0.15) is 0 Å². The number of hydrogen-bond acceptors (Lipinski definition) is 2. The average molecular weight is 418 g/mol. The van der Waals surface area contributed by atoms with Crippen molar-refractivity contribution in [3.05, 3.63) is 33.8 Å². The molecule has 1 atom stereocenters. The van der Waals surface area contributed by atoms with Gasteiger partial charge < -0.3 is 15.8 Å². The van der Waals surface area contributed by atoms with E-state index in [9.17, 15) is 0 Å². The van der Waals surface area contributed by atoms with E-state index in [1.165, 1.54) is 0 Å². The van der Waals surface area contributed by atoms with Crippen molar-refractivity contribution in [1.82, 2.24) is 5.32 Å². The molecule has 0 heterocycles. The van der Waals surface area contributed by atoms with E-state index >= 15 is 0 Å². The zero-order valence-electron chi connectivity index (χ0n) is 10.8. The number of aliphatic imine (C=N–C) groups is 1. The third kappa shape index (κ3) is 7.20. The third-order valence-corrected chi connectivity index (χ3v) is 2.83. The normalized spacial score (nSPS) is 12.7. The first-order valence-electron chi connectivity index (χ1n) is 5.52. The van der Waals surface area contributed by atoms with Gasteiger partial charge in [-0.3, -0.25) is 0 Å². The van der Waals surface area contributed by atoms with Crippen molar-refractivity contribution in [2.45, 2.75) is 19.5 Å². The molecule has 1 unspecified atom stereocenters. The molecule has 108 valence electrons. The number of methoxy groups -OCH3 is 1. The fourth-order valence-electron chi connectivity index (χ4n) is 1.41. The Balaban J connectivity index is 0.00000324. The van der Waals surface area contributed by atoms with Gasteiger partial charge in [-0.1, -0.05) is 29.3 Å². The average Bonchev–Trinajstić information content (AvgIpc) is 2.28. The van der Waals surface area contributed by atoms with Gasteiger partial charge in [-0.05, 0) is 24.6 Å². The van der Waals surface area contributed by atoms with Gasteiger partial charge >= 0.3 is 0 Å². The Hall–Kier alpha value is -0.240. The number of nitrogens with one attached hydrogen (secondary N) is 1. The maximum absolute atomic E-state index is 6.03. The van der Waals surface area contributed by atoms with Crippen molar-refractivity contribution >= 4 is 53.1 Å². The Bertz CT molecular complexity index is 429. The second kappa shape index (κ2) is 9.63. The third-order valence-electron chi connectivity index (χ3n) is 2.25. The second-order valence-corrected chi connectivity index (χ2v) is 4.78. The van der Waals surface area contributed by atoms with Crippen molar-refractivity contribution in [2.24, 2.45) is 10.7 Å². The molecular formula is C12H18Cl2IN3O. The Labute approximate surface area is 140 Å². The van der Waals surface area contributed by atoms with E-state index in [0.29, 0.717) is 29.2 Å². The fourth-order valence-corrected chi connectivity index (χ4v) is 1.88. The largest absolute Gasteiger partial charge is 0.383 e. The minimum absolute atomic E-state index is 0. The number of ether oxygens (including phenoxy) is 1. The molecule has 0 saturated heterocycles. The molecule has 0 aliphatic rings. The van der Waals surface area contributed by atoms with Crippen molar-refractivity contribution in [1.29, 1.82) is 0 Å². The predicted molar refractivity (Wildman–Crippen MR) is 91.7 cm³/mol. The van der Waals surface area contributed by atoms with Crippen LogP contribution in [-0.2, 0) is 11.3 Å². The Morgan fingerprint density at radius 3 is 2.74 bits per heavy atom. The lowest BCUT2D eigenvalue weighted by Crippen LogP contribution is -2.40. The van der Waals surface area contributed by atoms with E-state index < -0.39 is 0 Å². The second-order valence-electron chi connectivity index (χ2n) is 3.94. The van der Waals surface area contributed by atoms with Crippen LogP contribution in [-0.4, -0.2) is 25.7 Å². The zero-order chi connectivity index (χ0) is 13.5. The van der Waals surface area contributed by atoms with Crippen molar-refractivity contribution in [3.63, 3.8) is 0 Å². The summed E-state index contributed by atoms with van der Waals surface area (Å²) in [5.74, 6) is 0.366. The molecule has 1 rings (SSSR count). The predicted octanol–water partition coefficient (Wildman–Crippen LogP) is 3.05. The van der Waals surface area contributed by atoms with Gasteiger partial charge in [0.15, 0.2) is 5.96 Å². The minimum Gasteiger partial charge on any atom is -0.383 e. The Morgan fingerprint density at radius 1 is 1.47 bits per heavy atom. The summed E-state index contributed by atoms with van der Waals surface area (Å²) >= 11 is 11.8. The molecule has 4 nitrogen and oxygen atoms in total. The van der Waals surface area contributed by atoms with Crippen LogP contribution >= 0.6 is 47.2 Å². The summed E-state index contributed by atoms with van der Waals surface area (Å²) in [6.45, 7) is 2.94. The van der Waals surface area contributed by atoms with E-state index in [1.807, 2.05) is 13.0 Å². The van der Waals surface area contributed by atoms with Crippen LogP contribution in [0.4, 0.5) is 0 Å². The summed E-state index contributed by atoms with van der Waals surface area (Å²) in [5.41, 5.74) is 6.63. The number of halogens is 3. The first-order chi connectivity index (χ1) is 8.52. The molecule has 0 aliphatic heterocycles. The highest BCUT2D eigenvalue weighted by molar-refractivity contribution is 14.0. The van der Waals surface area contributed by atoms with Crippen LogP contribution in [0.1, 0.15) is 12.5 Å². The standard InChI is InChI=1S/C12H17Cl2N3O.HI/c1-8(7-18-2)17-12(15)16-6-9-3-4-10(13)5-11(9)14;/h3-5,8H,6-7H2,1-2H3,(H3,15,16,17);1H. The molecule has 19 heavy (non-hydrogen) atoms. The van der Waals surface area contributed by atoms with Gasteiger partial charge in [-0.15, -0.1) is 24.0 Å². The van der Waals surface area contributed by atoms with Crippen molar-refractivity contribution in [2.75, 3.05) is 13.7 Å². The first-order valence-corrected chi connectivity index (χ1v) is 6.28. The van der Waals surface area contributed by atoms with Gasteiger partial charge in [-0.25, -0.2) is 4.99 Å². The molecule has 0 aliphatic carbocycles. The molecule has 0 spiro atoms. The van der Waals surface area contributed by atoms with E-state index in [-0.39, 0.29) is 30.0 Å². The number of nitrogens with zero attached hydrogens (tertiary/aromatic N) is 1. The van der Waals surface area contributed by atoms with Gasteiger partial charge in [0, 0.05) is 23.2 Å². The molecular weight excluding hydrogens is 400 g/mol. The fraction of sp³-hybridized carbons (Fsp3) is 0.417. The van der Waals surface area contributed by atoms with Crippen LogP contribution in [0.5, 0.6) is 0 Å². The number of rotatable bonds is 5. The minimum atomic E-state index is 0. The molecule has 3 N–H and O–H groups in total. The topological polar surface area (TPSA) is 59.6 Å². The van der Waals surface area contributed by atoms with Gasteiger partial charge in [0.05, 0.1) is 13.2 Å². The van der Waals surface area contributed by atoms with E-state index in [2.05, 4.69) is 10.3 Å². The van der Waals surface area contributed by atoms with E-state index in [1.54, 1.807) is 19.2 Å². The lowest BCUT2D eigenvalue weighted by atomic mass is 10.2. The van der Waals surface area contributed by atoms with Crippen LogP contribution in [0.15, 0.2) is 23.2 Å². The number of nitrogens with two attached hydrogens (primary N) is 1. The molecule has 0 saturated carbocycles. The summed E-state index contributed by atoms with van der Waals surface area (Å²) < 4.78 is 4.99. The van der Waals surface area contributed by atoms with Crippen LogP contribution < -0.4 is 11.1 Å². The SMILES string of the molecule is COCC(C)NC(N)=NCc1ccc(Cl)cc1Cl.I. The summed E-state index contributed by atoms with van der Waals surface area (Å²) in [5, 5.41) is 4.21. The smallest absolute Gasteiger partial charge is 0.189 e. The first kappa shape index (κ1) is 18.8. The quantitative estimate of drug-likeness (QED) is 0.439. The molecule has 0 aromatic heterocycles. The summed E-state index contributed by atoms with van der Waals surface area (Å²) in [6, 6.07) is 5.40. The number of hydrogen-bond donors (Lipinski definition) is 2. The zero-order valence-corrected chi connectivity index (χ0v) is 14.7. The summed E-state index contributed by atoms with van der Waals surface area (Å²) in [6.07, 6.45) is 0. The molecule has 0 fully saturated rings. The van der Waals surface area contributed by atoms with Crippen LogP contribution in [0.2, 0.25) is 10.0 Å². The lowest BCUT2D eigenvalue weighted by molar-refractivity contribution is 0.179. The van der Waals surface area contributed by atoms with E-state index in [0.717, 1.165) is 5.56 Å². The Morgan fingerprint density at radius 2 is 2.16 bits per heavy atom. The van der Waals surface area contributed by atoms with Crippen molar-refractivity contribution < 1.29 is 4.74 Å². The van der Waals surface area contributed by atoms with Crippen LogP contribution in [0.3, 0.4) is 0 Å². The highest BCUT2D eigenvalue weighted by Gasteiger charge is 2.03. The highest BCUT2D eigenvalue weighted by atomic mass is 127. The van der Waals surface area contributed by atoms with Crippen LogP contribution in [0, 0.1) is 0 Å². The highest BCUT2D eigenvalue weighted by Crippen LogP contribution is 2.21. The van der Waals surface area contributed by atoms with E-state index in [4.69, 9.17) is 33.7 Å². The number of guanidine groups is 1. The molecule has 0 bridgehead atoms. The van der Waals surface area contributed by atoms with Gasteiger partial charge in [-0.2, -0.15) is 0 Å². The van der Waals surface area contributed by atoms with Gasteiger partial charge in [0.2, 0.25) is 0 Å². The maximum Gasteiger partial charge on any atom is 0.189 e. The number of benzene rings is 1. The van der Waals surface area contributed by atoms with Crippen LogP contribution in [0.25, 0.3) is 0 Å². The lowest BCUT2D eigenvalue weighted by Gasteiger charge is -2.13. The molecule has 1 aromatic rings. The molecule has 0 amide bonds. The van der Waals surface area contributed by atoms with Crippen molar-refractivity contribution in [3.8, 4) is 0 Å². The molecule has 7 heteroatoms.